The van der Waals surface area contributed by atoms with Crippen molar-refractivity contribution in [1.82, 2.24) is 5.43 Å². The monoisotopic (exact) mass is 568 g/mol. The van der Waals surface area contributed by atoms with Crippen LogP contribution in [0.5, 0.6) is 17.2 Å². The molecule has 1 amide bonds. The molecule has 2 aromatic carbocycles. The minimum Gasteiger partial charge on any atom is -0.506 e. The number of phenolic OH excluding ortho intramolecular Hbond substituents is 2. The SMILES string of the molecule is Cc1c(Br)c(O)c(Br)c(O)c1/C=N\NC(=O)COc1ccc(Cl)cc1Br. The topological polar surface area (TPSA) is 91.1 Å². The lowest BCUT2D eigenvalue weighted by Crippen LogP contribution is -2.24. The molecule has 0 saturated heterocycles. The first-order valence-corrected chi connectivity index (χ1v) is 9.77. The number of amides is 1. The van der Waals surface area contributed by atoms with E-state index in [1.165, 1.54) is 6.21 Å². The molecule has 0 heterocycles. The molecular weight excluding hydrogens is 559 g/mol. The van der Waals surface area contributed by atoms with Crippen molar-refractivity contribution in [2.75, 3.05) is 6.61 Å². The molecule has 0 aliphatic rings. The van der Waals surface area contributed by atoms with Gasteiger partial charge in [0, 0.05) is 10.6 Å². The number of hydrogen-bond donors (Lipinski definition) is 3. The van der Waals surface area contributed by atoms with Crippen LogP contribution in [0.25, 0.3) is 0 Å². The summed E-state index contributed by atoms with van der Waals surface area (Å²) in [4.78, 5) is 11.8. The number of ether oxygens (including phenoxy) is 1. The fourth-order valence-electron chi connectivity index (χ4n) is 1.89. The molecule has 3 N–H and O–H groups in total. The van der Waals surface area contributed by atoms with E-state index in [0.29, 0.717) is 30.8 Å². The van der Waals surface area contributed by atoms with Crippen molar-refractivity contribution in [2.45, 2.75) is 6.92 Å². The highest BCUT2D eigenvalue weighted by atomic mass is 79.9. The van der Waals surface area contributed by atoms with Crippen molar-refractivity contribution in [3.05, 3.63) is 47.8 Å². The van der Waals surface area contributed by atoms with Gasteiger partial charge in [-0.15, -0.1) is 0 Å². The van der Waals surface area contributed by atoms with Crippen LogP contribution in [0.1, 0.15) is 11.1 Å². The van der Waals surface area contributed by atoms with Gasteiger partial charge in [-0.25, -0.2) is 5.43 Å². The standard InChI is InChI=1S/C16H12Br3ClN2O4/c1-7-9(15(24)14(19)16(25)13(7)18)5-21-22-12(23)6-26-11-3-2-8(20)4-10(11)17/h2-5,24-25H,6H2,1H3,(H,22,23)/b21-5-. The number of hydrogen-bond acceptors (Lipinski definition) is 5. The van der Waals surface area contributed by atoms with Gasteiger partial charge in [0.25, 0.3) is 5.91 Å². The average molecular weight is 571 g/mol. The Hall–Kier alpha value is -1.29. The maximum Gasteiger partial charge on any atom is 0.277 e. The highest BCUT2D eigenvalue weighted by molar-refractivity contribution is 9.11. The number of rotatable bonds is 5. The Bertz CT molecular complexity index is 861. The van der Waals surface area contributed by atoms with E-state index < -0.39 is 5.91 Å². The first kappa shape index (κ1) is 21.0. The Morgan fingerprint density at radius 1 is 1.27 bits per heavy atom. The summed E-state index contributed by atoms with van der Waals surface area (Å²) < 4.78 is 6.53. The summed E-state index contributed by atoms with van der Waals surface area (Å²) in [5.41, 5.74) is 3.19. The van der Waals surface area contributed by atoms with E-state index >= 15 is 0 Å². The first-order chi connectivity index (χ1) is 12.2. The van der Waals surface area contributed by atoms with Crippen LogP contribution in [0.3, 0.4) is 0 Å². The molecular formula is C16H12Br3ClN2O4. The lowest BCUT2D eigenvalue weighted by molar-refractivity contribution is -0.123. The molecule has 0 saturated carbocycles. The number of carbonyl (C=O) groups is 1. The van der Waals surface area contributed by atoms with Crippen molar-refractivity contribution >= 4 is 71.5 Å². The molecule has 0 spiro atoms. The summed E-state index contributed by atoms with van der Waals surface area (Å²) in [5, 5.41) is 24.3. The fourth-order valence-corrected chi connectivity index (χ4v) is 3.78. The van der Waals surface area contributed by atoms with Crippen molar-refractivity contribution in [3.63, 3.8) is 0 Å². The molecule has 0 aliphatic carbocycles. The maximum absolute atomic E-state index is 11.8. The Kier molecular flexibility index (Phi) is 7.33. The van der Waals surface area contributed by atoms with Crippen molar-refractivity contribution < 1.29 is 19.7 Å². The van der Waals surface area contributed by atoms with Gasteiger partial charge in [-0.2, -0.15) is 5.10 Å². The summed E-state index contributed by atoms with van der Waals surface area (Å²) in [6, 6.07) is 4.93. The molecule has 26 heavy (non-hydrogen) atoms. The van der Waals surface area contributed by atoms with E-state index in [1.54, 1.807) is 25.1 Å². The third kappa shape index (κ3) is 4.91. The third-order valence-corrected chi connectivity index (χ3v) is 5.82. The predicted molar refractivity (Wildman–Crippen MR) is 110 cm³/mol. The van der Waals surface area contributed by atoms with Gasteiger partial charge in [0.05, 0.1) is 15.2 Å². The summed E-state index contributed by atoms with van der Waals surface area (Å²) in [6.45, 7) is 1.42. The Balaban J connectivity index is 2.01. The zero-order valence-electron chi connectivity index (χ0n) is 13.2. The molecule has 0 atom stereocenters. The van der Waals surface area contributed by atoms with Crippen LogP contribution in [0.2, 0.25) is 5.02 Å². The lowest BCUT2D eigenvalue weighted by atomic mass is 10.1. The average Bonchev–Trinajstić information content (AvgIpc) is 2.60. The van der Waals surface area contributed by atoms with Gasteiger partial charge in [0.2, 0.25) is 0 Å². The van der Waals surface area contributed by atoms with Crippen LogP contribution in [-0.2, 0) is 4.79 Å². The van der Waals surface area contributed by atoms with Gasteiger partial charge in [0.1, 0.15) is 21.7 Å². The quantitative estimate of drug-likeness (QED) is 0.353. The van der Waals surface area contributed by atoms with E-state index in [-0.39, 0.29) is 22.6 Å². The van der Waals surface area contributed by atoms with Gasteiger partial charge >= 0.3 is 0 Å². The Morgan fingerprint density at radius 3 is 2.62 bits per heavy atom. The fraction of sp³-hybridized carbons (Fsp3) is 0.125. The van der Waals surface area contributed by atoms with Crippen LogP contribution in [0.4, 0.5) is 0 Å². The van der Waals surface area contributed by atoms with Gasteiger partial charge in [-0.1, -0.05) is 11.6 Å². The number of hydrazone groups is 1. The number of carbonyl (C=O) groups excluding carboxylic acids is 1. The minimum atomic E-state index is -0.489. The molecule has 0 aromatic heterocycles. The maximum atomic E-state index is 11.8. The van der Waals surface area contributed by atoms with E-state index in [4.69, 9.17) is 16.3 Å². The molecule has 6 nitrogen and oxygen atoms in total. The van der Waals surface area contributed by atoms with E-state index in [1.807, 2.05) is 0 Å². The van der Waals surface area contributed by atoms with E-state index in [0.717, 1.165) is 0 Å². The Labute approximate surface area is 179 Å². The summed E-state index contributed by atoms with van der Waals surface area (Å²) in [7, 11) is 0. The highest BCUT2D eigenvalue weighted by Gasteiger charge is 2.17. The number of aromatic hydroxyl groups is 2. The van der Waals surface area contributed by atoms with Gasteiger partial charge < -0.3 is 14.9 Å². The second-order valence-corrected chi connectivity index (χ2v) is 7.90. The summed E-state index contributed by atoms with van der Waals surface area (Å²) in [5.74, 6) is -0.337. The summed E-state index contributed by atoms with van der Waals surface area (Å²) >= 11 is 15.4. The van der Waals surface area contributed by atoms with Crippen molar-refractivity contribution in [1.29, 1.82) is 0 Å². The highest BCUT2D eigenvalue weighted by Crippen LogP contribution is 2.43. The minimum absolute atomic E-state index is 0.122. The second-order valence-electron chi connectivity index (χ2n) is 5.02. The number of nitrogens with one attached hydrogen (secondary N) is 1. The molecule has 0 radical (unpaired) electrons. The van der Waals surface area contributed by atoms with Crippen LogP contribution in [-0.4, -0.2) is 28.9 Å². The van der Waals surface area contributed by atoms with Crippen LogP contribution in [0, 0.1) is 6.92 Å². The van der Waals surface area contributed by atoms with E-state index in [2.05, 4.69) is 58.3 Å². The molecule has 138 valence electrons. The normalized spacial score (nSPS) is 11.0. The van der Waals surface area contributed by atoms with Crippen LogP contribution >= 0.6 is 59.4 Å². The van der Waals surface area contributed by atoms with Gasteiger partial charge in [-0.05, 0) is 78.5 Å². The number of phenols is 2. The smallest absolute Gasteiger partial charge is 0.277 e. The zero-order chi connectivity index (χ0) is 19.4. The van der Waals surface area contributed by atoms with Crippen molar-refractivity contribution in [3.8, 4) is 17.2 Å². The van der Waals surface area contributed by atoms with Crippen molar-refractivity contribution in [2.24, 2.45) is 5.10 Å². The van der Waals surface area contributed by atoms with Gasteiger partial charge in [0.15, 0.2) is 6.61 Å². The zero-order valence-corrected chi connectivity index (χ0v) is 18.7. The molecule has 2 aromatic rings. The lowest BCUT2D eigenvalue weighted by Gasteiger charge is -2.11. The molecule has 0 aliphatic heterocycles. The van der Waals surface area contributed by atoms with Crippen LogP contribution < -0.4 is 10.2 Å². The number of halogens is 4. The third-order valence-electron chi connectivity index (χ3n) is 3.25. The first-order valence-electron chi connectivity index (χ1n) is 7.01. The van der Waals surface area contributed by atoms with Gasteiger partial charge in [-0.3, -0.25) is 4.79 Å². The predicted octanol–water partition coefficient (Wildman–Crippen LogP) is 4.88. The Morgan fingerprint density at radius 2 is 1.96 bits per heavy atom. The molecule has 0 fully saturated rings. The second kappa shape index (κ2) is 9.07. The summed E-state index contributed by atoms with van der Waals surface area (Å²) in [6.07, 6.45) is 1.27. The number of benzene rings is 2. The number of nitrogens with zero attached hydrogens (tertiary/aromatic N) is 1. The van der Waals surface area contributed by atoms with Crippen LogP contribution in [0.15, 0.2) is 36.7 Å². The van der Waals surface area contributed by atoms with E-state index in [9.17, 15) is 15.0 Å². The molecule has 10 heteroatoms. The molecule has 2 rings (SSSR count). The largest absolute Gasteiger partial charge is 0.506 e. The molecule has 0 bridgehead atoms. The molecule has 0 unspecified atom stereocenters.